The Morgan fingerprint density at radius 3 is 3.06 bits per heavy atom. The molecule has 0 aliphatic heterocycles. The van der Waals surface area contributed by atoms with Crippen molar-refractivity contribution in [3.63, 3.8) is 0 Å². The molecule has 0 bridgehead atoms. The average Bonchev–Trinajstić information content (AvgIpc) is 2.97. The molecule has 1 aromatic heterocycles. The van der Waals surface area contributed by atoms with Gasteiger partial charge in [-0.3, -0.25) is 10.1 Å². The van der Waals surface area contributed by atoms with Crippen molar-refractivity contribution in [2.24, 2.45) is 0 Å². The van der Waals surface area contributed by atoms with Crippen LogP contribution in [0.15, 0.2) is 18.7 Å². The number of hydrogen-bond acceptors (Lipinski definition) is 4. The van der Waals surface area contributed by atoms with E-state index in [1.54, 1.807) is 6.20 Å². The zero-order chi connectivity index (χ0) is 12.3. The van der Waals surface area contributed by atoms with Crippen LogP contribution in [0.25, 0.3) is 0 Å². The Labute approximate surface area is 101 Å². The van der Waals surface area contributed by atoms with Gasteiger partial charge in [0.25, 0.3) is 0 Å². The Balaban J connectivity index is 1.98. The highest BCUT2D eigenvalue weighted by atomic mass is 16.5. The fourth-order valence-corrected chi connectivity index (χ4v) is 2.52. The van der Waals surface area contributed by atoms with E-state index in [-0.39, 0.29) is 12.0 Å². The van der Waals surface area contributed by atoms with Crippen LogP contribution >= 0.6 is 0 Å². The normalized spacial score (nSPS) is 25.8. The van der Waals surface area contributed by atoms with Crippen LogP contribution < -0.4 is 5.32 Å². The summed E-state index contributed by atoms with van der Waals surface area (Å²) in [5.41, 5.74) is 0. The molecule has 17 heavy (non-hydrogen) atoms. The molecule has 1 aromatic rings. The van der Waals surface area contributed by atoms with Crippen LogP contribution in [0.2, 0.25) is 0 Å². The van der Waals surface area contributed by atoms with E-state index in [2.05, 4.69) is 14.9 Å². The molecule has 1 heterocycles. The van der Waals surface area contributed by atoms with Gasteiger partial charge in [-0.05, 0) is 26.2 Å². The van der Waals surface area contributed by atoms with E-state index in [1.165, 1.54) is 13.5 Å². The van der Waals surface area contributed by atoms with E-state index in [0.717, 1.165) is 12.8 Å². The molecular formula is C12H19N3O2. The molecule has 0 saturated heterocycles. The number of hydrogen-bond donors (Lipinski definition) is 1. The molecule has 2 rings (SSSR count). The fourth-order valence-electron chi connectivity index (χ4n) is 2.52. The van der Waals surface area contributed by atoms with Crippen molar-refractivity contribution >= 4 is 5.97 Å². The molecule has 0 aromatic carbocycles. The van der Waals surface area contributed by atoms with Gasteiger partial charge < -0.3 is 9.30 Å². The third-order valence-electron chi connectivity index (χ3n) is 3.41. The Bertz CT molecular complexity index is 364. The van der Waals surface area contributed by atoms with E-state index < -0.39 is 0 Å². The van der Waals surface area contributed by atoms with Gasteiger partial charge in [0, 0.05) is 24.5 Å². The maximum atomic E-state index is 11.4. The lowest BCUT2D eigenvalue weighted by atomic mass is 10.1. The molecule has 94 valence electrons. The Morgan fingerprint density at radius 1 is 1.59 bits per heavy atom. The van der Waals surface area contributed by atoms with Gasteiger partial charge in [0.2, 0.25) is 0 Å². The van der Waals surface area contributed by atoms with Crippen LogP contribution in [0.1, 0.15) is 32.2 Å². The van der Waals surface area contributed by atoms with Crippen molar-refractivity contribution < 1.29 is 9.53 Å². The third kappa shape index (κ3) is 2.66. The topological polar surface area (TPSA) is 56.1 Å². The molecule has 3 unspecified atom stereocenters. The highest BCUT2D eigenvalue weighted by Crippen LogP contribution is 2.30. The molecular weight excluding hydrogens is 218 g/mol. The van der Waals surface area contributed by atoms with Crippen molar-refractivity contribution in [3.05, 3.63) is 18.7 Å². The minimum Gasteiger partial charge on any atom is -0.468 e. The Kier molecular flexibility index (Phi) is 3.78. The molecule has 0 radical (unpaired) electrons. The van der Waals surface area contributed by atoms with Crippen LogP contribution in [-0.2, 0) is 9.53 Å². The summed E-state index contributed by atoms with van der Waals surface area (Å²) in [6, 6.07) is 0.456. The number of esters is 1. The van der Waals surface area contributed by atoms with Crippen LogP contribution in [0.3, 0.4) is 0 Å². The minimum absolute atomic E-state index is 0.207. The van der Waals surface area contributed by atoms with Crippen molar-refractivity contribution in [2.45, 2.75) is 44.3 Å². The lowest BCUT2D eigenvalue weighted by Crippen LogP contribution is -2.44. The van der Waals surface area contributed by atoms with Gasteiger partial charge >= 0.3 is 5.97 Å². The molecule has 1 saturated carbocycles. The summed E-state index contributed by atoms with van der Waals surface area (Å²) < 4.78 is 6.85. The van der Waals surface area contributed by atoms with Crippen molar-refractivity contribution in [3.8, 4) is 0 Å². The van der Waals surface area contributed by atoms with Crippen molar-refractivity contribution in [1.29, 1.82) is 0 Å². The monoisotopic (exact) mass is 237 g/mol. The van der Waals surface area contributed by atoms with Crippen molar-refractivity contribution in [2.75, 3.05) is 7.11 Å². The van der Waals surface area contributed by atoms with Gasteiger partial charge in [0.05, 0.1) is 13.4 Å². The van der Waals surface area contributed by atoms with E-state index in [0.29, 0.717) is 12.1 Å². The lowest BCUT2D eigenvalue weighted by molar-refractivity contribution is -0.142. The van der Waals surface area contributed by atoms with Crippen LogP contribution in [0.4, 0.5) is 0 Å². The molecule has 0 spiro atoms. The molecule has 5 nitrogen and oxygen atoms in total. The predicted octanol–water partition coefficient (Wildman–Crippen LogP) is 1.13. The van der Waals surface area contributed by atoms with E-state index >= 15 is 0 Å². The van der Waals surface area contributed by atoms with E-state index in [4.69, 9.17) is 4.74 Å². The maximum Gasteiger partial charge on any atom is 0.322 e. The largest absolute Gasteiger partial charge is 0.468 e. The first-order valence-corrected chi connectivity index (χ1v) is 6.03. The van der Waals surface area contributed by atoms with Gasteiger partial charge in [0.15, 0.2) is 0 Å². The molecule has 1 aliphatic rings. The number of rotatable bonds is 4. The molecule has 0 amide bonds. The molecule has 1 aliphatic carbocycles. The van der Waals surface area contributed by atoms with Gasteiger partial charge in [-0.25, -0.2) is 4.98 Å². The summed E-state index contributed by atoms with van der Waals surface area (Å²) in [6.45, 7) is 1.84. The SMILES string of the molecule is COC(=O)C(C)NC1CCCC1n1ccnc1. The van der Waals surface area contributed by atoms with Crippen LogP contribution in [-0.4, -0.2) is 34.7 Å². The number of carbonyl (C=O) groups is 1. The van der Waals surface area contributed by atoms with Crippen LogP contribution in [0.5, 0.6) is 0 Å². The summed E-state index contributed by atoms with van der Waals surface area (Å²) in [5, 5.41) is 3.34. The number of ether oxygens (including phenoxy) is 1. The second-order valence-corrected chi connectivity index (χ2v) is 4.53. The standard InChI is InChI=1S/C12H19N3O2/c1-9(12(16)17-2)14-10-4-3-5-11(10)15-7-6-13-8-15/h6-11,14H,3-5H2,1-2H3. The second-order valence-electron chi connectivity index (χ2n) is 4.53. The zero-order valence-electron chi connectivity index (χ0n) is 10.3. The predicted molar refractivity (Wildman–Crippen MR) is 63.5 cm³/mol. The number of methoxy groups -OCH3 is 1. The highest BCUT2D eigenvalue weighted by molar-refractivity contribution is 5.75. The lowest BCUT2D eigenvalue weighted by Gasteiger charge is -2.24. The maximum absolute atomic E-state index is 11.4. The van der Waals surface area contributed by atoms with Gasteiger partial charge in [-0.15, -0.1) is 0 Å². The summed E-state index contributed by atoms with van der Waals surface area (Å²) in [5.74, 6) is -0.207. The molecule has 1 N–H and O–H groups in total. The number of imidazole rings is 1. The summed E-state index contributed by atoms with van der Waals surface area (Å²) in [4.78, 5) is 15.5. The van der Waals surface area contributed by atoms with Gasteiger partial charge in [0.1, 0.15) is 6.04 Å². The number of aromatic nitrogens is 2. The fraction of sp³-hybridized carbons (Fsp3) is 0.667. The second kappa shape index (κ2) is 5.31. The number of carbonyl (C=O) groups excluding carboxylic acids is 1. The van der Waals surface area contributed by atoms with E-state index in [9.17, 15) is 4.79 Å². The zero-order valence-corrected chi connectivity index (χ0v) is 10.3. The molecule has 1 fully saturated rings. The highest BCUT2D eigenvalue weighted by Gasteiger charge is 2.30. The summed E-state index contributed by atoms with van der Waals surface area (Å²) >= 11 is 0. The molecule has 5 heteroatoms. The first-order valence-electron chi connectivity index (χ1n) is 6.03. The Morgan fingerprint density at radius 2 is 2.41 bits per heavy atom. The molecule has 3 atom stereocenters. The average molecular weight is 237 g/mol. The summed E-state index contributed by atoms with van der Waals surface area (Å²) in [6.07, 6.45) is 9.00. The number of nitrogens with zero attached hydrogens (tertiary/aromatic N) is 2. The third-order valence-corrected chi connectivity index (χ3v) is 3.41. The summed E-state index contributed by atoms with van der Waals surface area (Å²) in [7, 11) is 1.42. The minimum atomic E-state index is -0.255. The first-order chi connectivity index (χ1) is 8.22. The van der Waals surface area contributed by atoms with Crippen LogP contribution in [0, 0.1) is 0 Å². The number of nitrogens with one attached hydrogen (secondary N) is 1. The van der Waals surface area contributed by atoms with Gasteiger partial charge in [-0.1, -0.05) is 0 Å². The smallest absolute Gasteiger partial charge is 0.322 e. The van der Waals surface area contributed by atoms with Gasteiger partial charge in [-0.2, -0.15) is 0 Å². The van der Waals surface area contributed by atoms with Crippen molar-refractivity contribution in [1.82, 2.24) is 14.9 Å². The first kappa shape index (κ1) is 12.1. The van der Waals surface area contributed by atoms with E-state index in [1.807, 2.05) is 19.4 Å². The quantitative estimate of drug-likeness (QED) is 0.797. The Hall–Kier alpha value is -1.36.